The summed E-state index contributed by atoms with van der Waals surface area (Å²) in [5.74, 6) is 0. The lowest BCUT2D eigenvalue weighted by molar-refractivity contribution is 1.38. The summed E-state index contributed by atoms with van der Waals surface area (Å²) in [7, 11) is 0. The average molecular weight is 149 g/mol. The molecule has 0 fully saturated rings. The van der Waals surface area contributed by atoms with Crippen LogP contribution in [0.3, 0.4) is 0 Å². The highest BCUT2D eigenvalue weighted by Gasteiger charge is 1.87. The molecule has 1 aromatic carbocycles. The van der Waals surface area contributed by atoms with Gasteiger partial charge in [-0.25, -0.2) is 0 Å². The second-order valence-electron chi connectivity index (χ2n) is 2.06. The first-order chi connectivity index (χ1) is 4.83. The van der Waals surface area contributed by atoms with Gasteiger partial charge in [-0.3, -0.25) is 0 Å². The van der Waals surface area contributed by atoms with Crippen molar-refractivity contribution in [2.24, 2.45) is 0 Å². The van der Waals surface area contributed by atoms with Crippen LogP contribution < -0.4 is 0 Å². The Balaban J connectivity index is 2.78. The highest BCUT2D eigenvalue weighted by Crippen LogP contribution is 2.17. The molecule has 10 heavy (non-hydrogen) atoms. The minimum absolute atomic E-state index is 1.20. The molecular weight excluding hydrogens is 140 g/mol. The van der Waals surface area contributed by atoms with Crippen LogP contribution >= 0.6 is 11.8 Å². The molecule has 1 radical (unpaired) electrons. The van der Waals surface area contributed by atoms with Gasteiger partial charge in [-0.05, 0) is 19.1 Å². The summed E-state index contributed by atoms with van der Waals surface area (Å²) in [6, 6.07) is 8.30. The topological polar surface area (TPSA) is 0 Å². The van der Waals surface area contributed by atoms with Crippen molar-refractivity contribution < 1.29 is 0 Å². The Morgan fingerprint density at radius 2 is 1.90 bits per heavy atom. The summed E-state index contributed by atoms with van der Waals surface area (Å²) < 4.78 is 0. The molecule has 0 bridgehead atoms. The molecule has 0 saturated heterocycles. The number of thioether (sulfide) groups is 1. The van der Waals surface area contributed by atoms with Crippen molar-refractivity contribution >= 4 is 11.8 Å². The van der Waals surface area contributed by atoms with E-state index < -0.39 is 0 Å². The summed E-state index contributed by atoms with van der Waals surface area (Å²) >= 11 is 1.52. The van der Waals surface area contributed by atoms with Gasteiger partial charge in [0.15, 0.2) is 0 Å². The quantitative estimate of drug-likeness (QED) is 0.582. The third-order valence-electron chi connectivity index (χ3n) is 1.21. The molecule has 0 heterocycles. The fraction of sp³-hybridized carbons (Fsp3) is 0.111. The zero-order valence-electron chi connectivity index (χ0n) is 5.92. The summed E-state index contributed by atoms with van der Waals surface area (Å²) in [5, 5.41) is 2.77. The number of hydrogen-bond donors (Lipinski definition) is 0. The lowest BCUT2D eigenvalue weighted by Gasteiger charge is -1.94. The second kappa shape index (κ2) is 3.47. The van der Waals surface area contributed by atoms with Crippen molar-refractivity contribution in [2.75, 3.05) is 0 Å². The molecule has 51 valence electrons. The Hall–Kier alpha value is -0.690. The van der Waals surface area contributed by atoms with Gasteiger partial charge in [0, 0.05) is 10.3 Å². The predicted molar refractivity (Wildman–Crippen MR) is 45.9 cm³/mol. The molecular formula is C9H9S. The SMILES string of the molecule is C=[C]Sc1ccc(C)cc1. The standard InChI is InChI=1S/C9H9S/c1-3-10-9-6-4-8(2)5-7-9/h4-7H,1H2,2H3. The Kier molecular flexibility index (Phi) is 2.57. The Labute approximate surface area is 66.0 Å². The number of benzene rings is 1. The van der Waals surface area contributed by atoms with Crippen molar-refractivity contribution in [2.45, 2.75) is 11.8 Å². The van der Waals surface area contributed by atoms with E-state index in [1.54, 1.807) is 0 Å². The van der Waals surface area contributed by atoms with Crippen LogP contribution in [0.2, 0.25) is 0 Å². The summed E-state index contributed by atoms with van der Waals surface area (Å²) in [6.07, 6.45) is 0. The lowest BCUT2D eigenvalue weighted by atomic mass is 10.2. The van der Waals surface area contributed by atoms with Crippen molar-refractivity contribution in [3.05, 3.63) is 41.8 Å². The van der Waals surface area contributed by atoms with Gasteiger partial charge in [-0.1, -0.05) is 36.0 Å². The minimum atomic E-state index is 1.20. The van der Waals surface area contributed by atoms with E-state index in [4.69, 9.17) is 0 Å². The number of rotatable bonds is 2. The molecule has 0 aliphatic rings. The fourth-order valence-electron chi connectivity index (χ4n) is 0.690. The maximum atomic E-state index is 3.52. The fourth-order valence-corrected chi connectivity index (χ4v) is 1.13. The highest BCUT2D eigenvalue weighted by molar-refractivity contribution is 8.01. The number of hydrogen-bond acceptors (Lipinski definition) is 1. The zero-order chi connectivity index (χ0) is 7.40. The smallest absolute Gasteiger partial charge is 0.0184 e. The first-order valence-corrected chi connectivity index (χ1v) is 3.90. The third-order valence-corrected chi connectivity index (χ3v) is 1.86. The van der Waals surface area contributed by atoms with Crippen LogP contribution in [-0.2, 0) is 0 Å². The molecule has 0 saturated carbocycles. The first-order valence-electron chi connectivity index (χ1n) is 3.08. The predicted octanol–water partition coefficient (Wildman–Crippen LogP) is 3.03. The van der Waals surface area contributed by atoms with Crippen LogP contribution in [0, 0.1) is 12.3 Å². The molecule has 0 atom stereocenters. The van der Waals surface area contributed by atoms with Crippen molar-refractivity contribution in [3.63, 3.8) is 0 Å². The third kappa shape index (κ3) is 1.92. The monoisotopic (exact) mass is 149 g/mol. The van der Waals surface area contributed by atoms with Gasteiger partial charge in [0.2, 0.25) is 0 Å². The van der Waals surface area contributed by atoms with E-state index in [0.717, 1.165) is 0 Å². The van der Waals surface area contributed by atoms with Gasteiger partial charge in [-0.2, -0.15) is 0 Å². The zero-order valence-corrected chi connectivity index (χ0v) is 6.74. The molecule has 0 aromatic heterocycles. The van der Waals surface area contributed by atoms with Crippen molar-refractivity contribution in [1.82, 2.24) is 0 Å². The van der Waals surface area contributed by atoms with E-state index in [-0.39, 0.29) is 0 Å². The van der Waals surface area contributed by atoms with Gasteiger partial charge in [0.25, 0.3) is 0 Å². The lowest BCUT2D eigenvalue weighted by Crippen LogP contribution is -1.70. The molecule has 0 nitrogen and oxygen atoms in total. The largest absolute Gasteiger partial charge is 0.0896 e. The summed E-state index contributed by atoms with van der Waals surface area (Å²) in [4.78, 5) is 1.20. The molecule has 0 aliphatic carbocycles. The molecule has 1 rings (SSSR count). The van der Waals surface area contributed by atoms with Gasteiger partial charge in [0.1, 0.15) is 0 Å². The van der Waals surface area contributed by atoms with E-state index in [9.17, 15) is 0 Å². The molecule has 0 unspecified atom stereocenters. The van der Waals surface area contributed by atoms with Crippen LogP contribution in [-0.4, -0.2) is 0 Å². The average Bonchev–Trinajstić information content (AvgIpc) is 1.95. The highest BCUT2D eigenvalue weighted by atomic mass is 32.2. The summed E-state index contributed by atoms with van der Waals surface area (Å²) in [6.45, 7) is 5.59. The molecule has 0 N–H and O–H groups in total. The van der Waals surface area contributed by atoms with E-state index >= 15 is 0 Å². The molecule has 0 spiro atoms. The van der Waals surface area contributed by atoms with Crippen molar-refractivity contribution in [1.29, 1.82) is 0 Å². The van der Waals surface area contributed by atoms with Crippen LogP contribution in [0.25, 0.3) is 0 Å². The molecule has 1 aromatic rings. The van der Waals surface area contributed by atoms with E-state index in [1.165, 1.54) is 22.2 Å². The maximum Gasteiger partial charge on any atom is 0.0184 e. The van der Waals surface area contributed by atoms with Crippen LogP contribution in [0.4, 0.5) is 0 Å². The van der Waals surface area contributed by atoms with Crippen molar-refractivity contribution in [3.8, 4) is 0 Å². The molecule has 0 amide bonds. The van der Waals surface area contributed by atoms with E-state index in [2.05, 4.69) is 43.2 Å². The first kappa shape index (κ1) is 7.42. The normalized spacial score (nSPS) is 9.30. The Bertz CT molecular complexity index is 211. The second-order valence-corrected chi connectivity index (χ2v) is 3.02. The Morgan fingerprint density at radius 1 is 1.30 bits per heavy atom. The summed E-state index contributed by atoms with van der Waals surface area (Å²) in [5.41, 5.74) is 1.29. The maximum absolute atomic E-state index is 3.52. The van der Waals surface area contributed by atoms with Gasteiger partial charge >= 0.3 is 0 Å². The minimum Gasteiger partial charge on any atom is -0.0896 e. The van der Waals surface area contributed by atoms with Crippen LogP contribution in [0.15, 0.2) is 35.7 Å². The van der Waals surface area contributed by atoms with E-state index in [0.29, 0.717) is 0 Å². The van der Waals surface area contributed by atoms with Gasteiger partial charge in [0.05, 0.1) is 0 Å². The van der Waals surface area contributed by atoms with Gasteiger partial charge < -0.3 is 0 Å². The number of aryl methyl sites for hydroxylation is 1. The van der Waals surface area contributed by atoms with E-state index in [1.807, 2.05) is 0 Å². The Morgan fingerprint density at radius 3 is 2.40 bits per heavy atom. The molecule has 1 heteroatoms. The molecule has 0 aliphatic heterocycles. The van der Waals surface area contributed by atoms with Crippen LogP contribution in [0.5, 0.6) is 0 Å². The van der Waals surface area contributed by atoms with Gasteiger partial charge in [-0.15, -0.1) is 0 Å². The van der Waals surface area contributed by atoms with Crippen LogP contribution in [0.1, 0.15) is 5.56 Å².